The van der Waals surface area contributed by atoms with Gasteiger partial charge < -0.3 is 4.74 Å². The van der Waals surface area contributed by atoms with Crippen LogP contribution in [0.15, 0.2) is 42.5 Å². The van der Waals surface area contributed by atoms with E-state index < -0.39 is 11.6 Å². The van der Waals surface area contributed by atoms with Gasteiger partial charge in [-0.2, -0.15) is 5.10 Å². The minimum absolute atomic E-state index is 0.0840. The van der Waals surface area contributed by atoms with E-state index in [0.29, 0.717) is 11.4 Å². The molecule has 0 aliphatic rings. The first-order valence-electron chi connectivity index (χ1n) is 6.24. The van der Waals surface area contributed by atoms with E-state index in [9.17, 15) is 8.78 Å². The van der Waals surface area contributed by atoms with Gasteiger partial charge in [-0.3, -0.25) is 5.10 Å². The second-order valence-corrected chi connectivity index (χ2v) is 4.47. The summed E-state index contributed by atoms with van der Waals surface area (Å²) < 4.78 is 31.7. The Balaban J connectivity index is 1.89. The van der Waals surface area contributed by atoms with Gasteiger partial charge in [-0.05, 0) is 31.2 Å². The Kier molecular flexibility index (Phi) is 3.35. The Labute approximate surface area is 119 Å². The first-order valence-corrected chi connectivity index (χ1v) is 6.24. The normalized spacial score (nSPS) is 10.6. The molecule has 0 fully saturated rings. The maximum atomic E-state index is 13.6. The number of benzene rings is 1. The summed E-state index contributed by atoms with van der Waals surface area (Å²) >= 11 is 0. The smallest absolute Gasteiger partial charge is 0.219 e. The lowest BCUT2D eigenvalue weighted by molar-refractivity contribution is 0.424. The number of rotatable bonds is 3. The number of halogens is 2. The van der Waals surface area contributed by atoms with Crippen LogP contribution in [0.5, 0.6) is 11.6 Å². The van der Waals surface area contributed by atoms with Crippen molar-refractivity contribution in [2.24, 2.45) is 0 Å². The number of H-pyrrole nitrogens is 1. The van der Waals surface area contributed by atoms with Crippen LogP contribution >= 0.6 is 0 Å². The predicted molar refractivity (Wildman–Crippen MR) is 73.0 cm³/mol. The maximum Gasteiger partial charge on any atom is 0.219 e. The molecule has 6 heteroatoms. The maximum absolute atomic E-state index is 13.6. The lowest BCUT2D eigenvalue weighted by Gasteiger charge is -2.06. The third-order valence-corrected chi connectivity index (χ3v) is 2.80. The van der Waals surface area contributed by atoms with Gasteiger partial charge in [0.25, 0.3) is 0 Å². The average molecular weight is 287 g/mol. The van der Waals surface area contributed by atoms with E-state index in [1.165, 1.54) is 6.07 Å². The molecule has 0 aliphatic carbocycles. The molecule has 106 valence electrons. The van der Waals surface area contributed by atoms with Gasteiger partial charge in [0.2, 0.25) is 5.88 Å². The molecule has 2 aromatic heterocycles. The largest absolute Gasteiger partial charge is 0.436 e. The number of hydrogen-bond acceptors (Lipinski definition) is 3. The van der Waals surface area contributed by atoms with Crippen LogP contribution in [0.1, 0.15) is 5.69 Å². The van der Waals surface area contributed by atoms with Gasteiger partial charge in [0, 0.05) is 17.8 Å². The lowest BCUT2D eigenvalue weighted by atomic mass is 10.2. The summed E-state index contributed by atoms with van der Waals surface area (Å²) in [4.78, 5) is 4.25. The van der Waals surface area contributed by atoms with Crippen molar-refractivity contribution in [3.05, 3.63) is 59.8 Å². The van der Waals surface area contributed by atoms with Crippen LogP contribution in [0.4, 0.5) is 8.78 Å². The average Bonchev–Trinajstić information content (AvgIpc) is 2.89. The number of ether oxygens (including phenoxy) is 1. The van der Waals surface area contributed by atoms with Gasteiger partial charge in [0.1, 0.15) is 11.5 Å². The zero-order chi connectivity index (χ0) is 14.8. The van der Waals surface area contributed by atoms with Crippen LogP contribution in [0.3, 0.4) is 0 Å². The molecule has 0 saturated carbocycles. The van der Waals surface area contributed by atoms with E-state index in [0.717, 1.165) is 17.8 Å². The van der Waals surface area contributed by atoms with Gasteiger partial charge in [-0.1, -0.05) is 6.07 Å². The number of nitrogens with zero attached hydrogens (tertiary/aromatic N) is 2. The van der Waals surface area contributed by atoms with Gasteiger partial charge >= 0.3 is 0 Å². The van der Waals surface area contributed by atoms with E-state index in [1.807, 2.05) is 13.0 Å². The third-order valence-electron chi connectivity index (χ3n) is 2.80. The van der Waals surface area contributed by atoms with Crippen molar-refractivity contribution in [2.45, 2.75) is 6.92 Å². The highest BCUT2D eigenvalue weighted by Crippen LogP contribution is 2.25. The highest BCUT2D eigenvalue weighted by molar-refractivity contribution is 5.55. The summed E-state index contributed by atoms with van der Waals surface area (Å²) in [6.45, 7) is 1.88. The predicted octanol–water partition coefficient (Wildman–Crippen LogP) is 3.85. The van der Waals surface area contributed by atoms with Crippen LogP contribution in [-0.2, 0) is 0 Å². The zero-order valence-electron chi connectivity index (χ0n) is 11.1. The molecule has 0 saturated heterocycles. The van der Waals surface area contributed by atoms with Gasteiger partial charge in [0.05, 0.1) is 5.69 Å². The molecule has 3 aromatic rings. The fourth-order valence-electron chi connectivity index (χ4n) is 1.83. The molecular formula is C15H11F2N3O. The van der Waals surface area contributed by atoms with Crippen molar-refractivity contribution in [2.75, 3.05) is 0 Å². The van der Waals surface area contributed by atoms with Crippen molar-refractivity contribution in [3.63, 3.8) is 0 Å². The van der Waals surface area contributed by atoms with Crippen molar-refractivity contribution in [3.8, 4) is 23.0 Å². The third kappa shape index (κ3) is 2.89. The first-order chi connectivity index (χ1) is 10.1. The Morgan fingerprint density at radius 3 is 2.62 bits per heavy atom. The highest BCUT2D eigenvalue weighted by Gasteiger charge is 2.09. The molecule has 1 N–H and O–H groups in total. The van der Waals surface area contributed by atoms with Crippen molar-refractivity contribution in [1.29, 1.82) is 0 Å². The zero-order valence-corrected chi connectivity index (χ0v) is 11.1. The van der Waals surface area contributed by atoms with Crippen molar-refractivity contribution < 1.29 is 13.5 Å². The van der Waals surface area contributed by atoms with Crippen LogP contribution in [0.25, 0.3) is 11.4 Å². The molecule has 0 bridgehead atoms. The minimum atomic E-state index is -0.780. The van der Waals surface area contributed by atoms with Gasteiger partial charge in [0.15, 0.2) is 11.6 Å². The Morgan fingerprint density at radius 2 is 1.90 bits per heavy atom. The molecule has 0 spiro atoms. The number of aromatic nitrogens is 3. The fraction of sp³-hybridized carbons (Fsp3) is 0.0667. The molecule has 0 amide bonds. The topological polar surface area (TPSA) is 50.8 Å². The SMILES string of the molecule is Cc1cc(-c2cccc(Oc3ccc(F)cc3F)n2)n[nH]1. The second-order valence-electron chi connectivity index (χ2n) is 4.47. The molecule has 0 unspecified atom stereocenters. The molecule has 0 aliphatic heterocycles. The molecule has 0 atom stereocenters. The molecule has 21 heavy (non-hydrogen) atoms. The second kappa shape index (κ2) is 5.32. The van der Waals surface area contributed by atoms with E-state index in [1.54, 1.807) is 18.2 Å². The van der Waals surface area contributed by atoms with E-state index in [4.69, 9.17) is 4.74 Å². The van der Waals surface area contributed by atoms with E-state index in [2.05, 4.69) is 15.2 Å². The highest BCUT2D eigenvalue weighted by atomic mass is 19.1. The Hall–Kier alpha value is -2.76. The van der Waals surface area contributed by atoms with E-state index >= 15 is 0 Å². The molecule has 0 radical (unpaired) electrons. The number of hydrogen-bond donors (Lipinski definition) is 1. The quantitative estimate of drug-likeness (QED) is 0.796. The number of aryl methyl sites for hydroxylation is 1. The molecule has 2 heterocycles. The lowest BCUT2D eigenvalue weighted by Crippen LogP contribution is -1.93. The van der Waals surface area contributed by atoms with Gasteiger partial charge in [-0.15, -0.1) is 0 Å². The summed E-state index contributed by atoms with van der Waals surface area (Å²) in [5, 5.41) is 6.92. The Morgan fingerprint density at radius 1 is 1.05 bits per heavy atom. The number of pyridine rings is 1. The Bertz CT molecular complexity index is 786. The summed E-state index contributed by atoms with van der Waals surface area (Å²) in [6, 6.07) is 10.0. The van der Waals surface area contributed by atoms with Crippen LogP contribution in [0.2, 0.25) is 0 Å². The van der Waals surface area contributed by atoms with Crippen LogP contribution < -0.4 is 4.74 Å². The van der Waals surface area contributed by atoms with Crippen molar-refractivity contribution >= 4 is 0 Å². The molecular weight excluding hydrogens is 276 g/mol. The standard InChI is InChI=1S/C15H11F2N3O/c1-9-7-13(20-19-9)12-3-2-4-15(18-12)21-14-6-5-10(16)8-11(14)17/h2-8H,1H3,(H,19,20). The fourth-order valence-corrected chi connectivity index (χ4v) is 1.83. The number of aromatic amines is 1. The molecule has 4 nitrogen and oxygen atoms in total. The molecule has 3 rings (SSSR count). The van der Waals surface area contributed by atoms with Crippen LogP contribution in [-0.4, -0.2) is 15.2 Å². The van der Waals surface area contributed by atoms with Gasteiger partial charge in [-0.25, -0.2) is 13.8 Å². The minimum Gasteiger partial charge on any atom is -0.436 e. The summed E-state index contributed by atoms with van der Waals surface area (Å²) in [6.07, 6.45) is 0. The summed E-state index contributed by atoms with van der Waals surface area (Å²) in [5.74, 6) is -1.32. The summed E-state index contributed by atoms with van der Waals surface area (Å²) in [7, 11) is 0. The first kappa shape index (κ1) is 13.2. The molecule has 1 aromatic carbocycles. The van der Waals surface area contributed by atoms with Crippen LogP contribution in [0, 0.1) is 18.6 Å². The summed E-state index contributed by atoms with van der Waals surface area (Å²) in [5.41, 5.74) is 2.17. The van der Waals surface area contributed by atoms with E-state index in [-0.39, 0.29) is 11.6 Å². The monoisotopic (exact) mass is 287 g/mol. The number of nitrogens with one attached hydrogen (secondary N) is 1. The van der Waals surface area contributed by atoms with Crippen molar-refractivity contribution in [1.82, 2.24) is 15.2 Å².